The van der Waals surface area contributed by atoms with Gasteiger partial charge in [-0.15, -0.1) is 10.2 Å². The number of hydrogen-bond acceptors (Lipinski definition) is 6. The summed E-state index contributed by atoms with van der Waals surface area (Å²) in [5.74, 6) is 0.295. The van der Waals surface area contributed by atoms with Crippen LogP contribution in [0.1, 0.15) is 34.8 Å². The van der Waals surface area contributed by atoms with Gasteiger partial charge in [-0.25, -0.2) is 0 Å². The van der Waals surface area contributed by atoms with Crippen LogP contribution in [0, 0.1) is 5.92 Å². The molecule has 0 unspecified atom stereocenters. The highest BCUT2D eigenvalue weighted by atomic mass is 32.1. The largest absolute Gasteiger partial charge is 0.445 e. The molecule has 10 heteroatoms. The molecular formula is C18H22F3N5OS. The summed E-state index contributed by atoms with van der Waals surface area (Å²) in [6, 6.07) is 5.38. The first-order valence-electron chi connectivity index (χ1n) is 8.98. The van der Waals surface area contributed by atoms with Crippen molar-refractivity contribution in [3.05, 3.63) is 34.3 Å². The summed E-state index contributed by atoms with van der Waals surface area (Å²) in [5.41, 5.74) is 7.96. The van der Waals surface area contributed by atoms with Gasteiger partial charge in [0.05, 0.1) is 0 Å². The summed E-state index contributed by atoms with van der Waals surface area (Å²) < 4.78 is 38.1. The van der Waals surface area contributed by atoms with E-state index in [1.807, 2.05) is 6.07 Å². The average molecular weight is 413 g/mol. The third-order valence-corrected chi connectivity index (χ3v) is 5.52. The number of carbonyl (C=O) groups excluding carboxylic acids is 1. The maximum Gasteiger partial charge on any atom is 0.445 e. The zero-order chi connectivity index (χ0) is 20.5. The third kappa shape index (κ3) is 4.54. The van der Waals surface area contributed by atoms with Crippen LogP contribution in [-0.2, 0) is 12.6 Å². The summed E-state index contributed by atoms with van der Waals surface area (Å²) in [6.07, 6.45) is -3.72. The van der Waals surface area contributed by atoms with Crippen LogP contribution < -0.4 is 10.6 Å². The fraction of sp³-hybridized carbons (Fsp3) is 0.500. The molecule has 28 heavy (non-hydrogen) atoms. The molecule has 0 aliphatic carbocycles. The van der Waals surface area contributed by atoms with Crippen LogP contribution in [0.3, 0.4) is 0 Å². The topological polar surface area (TPSA) is 75.4 Å². The summed E-state index contributed by atoms with van der Waals surface area (Å²) >= 11 is 0.522. The molecule has 0 radical (unpaired) electrons. The molecule has 2 N–H and O–H groups in total. The second kappa shape index (κ2) is 7.94. The van der Waals surface area contributed by atoms with Gasteiger partial charge in [-0.2, -0.15) is 13.2 Å². The minimum Gasteiger partial charge on any atom is -0.399 e. The SMILES string of the molecule is CC(C)Cc1ccc(N)cc1C(=O)N1CCN(c2nnc(C(F)(F)F)s2)CC1. The molecule has 1 aromatic carbocycles. The van der Waals surface area contributed by atoms with E-state index in [1.54, 1.807) is 21.9 Å². The maximum absolute atomic E-state index is 13.0. The molecule has 152 valence electrons. The Labute approximate surface area is 165 Å². The van der Waals surface area contributed by atoms with Crippen molar-refractivity contribution in [3.63, 3.8) is 0 Å². The van der Waals surface area contributed by atoms with Crippen LogP contribution in [0.4, 0.5) is 24.0 Å². The lowest BCUT2D eigenvalue weighted by atomic mass is 9.96. The van der Waals surface area contributed by atoms with Crippen molar-refractivity contribution < 1.29 is 18.0 Å². The number of alkyl halides is 3. The second-order valence-electron chi connectivity index (χ2n) is 7.18. The fourth-order valence-electron chi connectivity index (χ4n) is 3.14. The smallest absolute Gasteiger partial charge is 0.399 e. The Kier molecular flexibility index (Phi) is 5.78. The second-order valence-corrected chi connectivity index (χ2v) is 8.14. The number of rotatable bonds is 4. The first kappa shape index (κ1) is 20.4. The Morgan fingerprint density at radius 3 is 2.46 bits per heavy atom. The third-order valence-electron chi connectivity index (χ3n) is 4.49. The Hall–Kier alpha value is -2.36. The summed E-state index contributed by atoms with van der Waals surface area (Å²) in [5, 5.41) is 6.13. The molecular weight excluding hydrogens is 391 g/mol. The molecule has 2 heterocycles. The van der Waals surface area contributed by atoms with Crippen LogP contribution in [-0.4, -0.2) is 47.2 Å². The van der Waals surface area contributed by atoms with E-state index in [4.69, 9.17) is 5.73 Å². The van der Waals surface area contributed by atoms with E-state index in [2.05, 4.69) is 24.0 Å². The summed E-state index contributed by atoms with van der Waals surface area (Å²) in [4.78, 5) is 16.4. The monoisotopic (exact) mass is 413 g/mol. The zero-order valence-electron chi connectivity index (χ0n) is 15.7. The Morgan fingerprint density at radius 2 is 1.89 bits per heavy atom. The van der Waals surface area contributed by atoms with E-state index in [0.29, 0.717) is 54.7 Å². The van der Waals surface area contributed by atoms with Crippen molar-refractivity contribution in [1.29, 1.82) is 0 Å². The average Bonchev–Trinajstić information content (AvgIpc) is 3.13. The van der Waals surface area contributed by atoms with Crippen LogP contribution in [0.5, 0.6) is 0 Å². The van der Waals surface area contributed by atoms with Gasteiger partial charge in [0.1, 0.15) is 0 Å². The molecule has 0 spiro atoms. The number of hydrogen-bond donors (Lipinski definition) is 1. The molecule has 0 bridgehead atoms. The molecule has 1 aliphatic heterocycles. The van der Waals surface area contributed by atoms with Gasteiger partial charge in [-0.05, 0) is 30.0 Å². The number of piperazine rings is 1. The van der Waals surface area contributed by atoms with Crippen LogP contribution in [0.2, 0.25) is 0 Å². The van der Waals surface area contributed by atoms with Crippen molar-refractivity contribution in [2.24, 2.45) is 5.92 Å². The van der Waals surface area contributed by atoms with Crippen molar-refractivity contribution in [2.45, 2.75) is 26.4 Å². The molecule has 6 nitrogen and oxygen atoms in total. The van der Waals surface area contributed by atoms with Gasteiger partial charge in [0.2, 0.25) is 10.1 Å². The lowest BCUT2D eigenvalue weighted by Gasteiger charge is -2.34. The number of amides is 1. The Balaban J connectivity index is 1.69. The van der Waals surface area contributed by atoms with Crippen molar-refractivity contribution >= 4 is 28.1 Å². The predicted molar refractivity (Wildman–Crippen MR) is 102 cm³/mol. The first-order chi connectivity index (χ1) is 13.1. The van der Waals surface area contributed by atoms with E-state index in [0.717, 1.165) is 12.0 Å². The lowest BCUT2D eigenvalue weighted by Crippen LogP contribution is -2.49. The van der Waals surface area contributed by atoms with E-state index in [9.17, 15) is 18.0 Å². The highest BCUT2D eigenvalue weighted by Crippen LogP contribution is 2.34. The molecule has 1 aromatic heterocycles. The fourth-order valence-corrected chi connectivity index (χ4v) is 3.90. The maximum atomic E-state index is 13.0. The normalized spacial score (nSPS) is 15.4. The van der Waals surface area contributed by atoms with Crippen LogP contribution >= 0.6 is 11.3 Å². The molecule has 1 aliphatic rings. The lowest BCUT2D eigenvalue weighted by molar-refractivity contribution is -0.138. The molecule has 1 amide bonds. The molecule has 3 rings (SSSR count). The molecule has 1 fully saturated rings. The van der Waals surface area contributed by atoms with E-state index in [-0.39, 0.29) is 11.0 Å². The highest BCUT2D eigenvalue weighted by molar-refractivity contribution is 7.15. The Bertz CT molecular complexity index is 844. The molecule has 0 saturated carbocycles. The molecule has 0 atom stereocenters. The van der Waals surface area contributed by atoms with E-state index in [1.165, 1.54) is 0 Å². The number of nitrogens with two attached hydrogens (primary N) is 1. The van der Waals surface area contributed by atoms with Gasteiger partial charge >= 0.3 is 6.18 Å². The quantitative estimate of drug-likeness (QED) is 0.779. The highest BCUT2D eigenvalue weighted by Gasteiger charge is 2.36. The van der Waals surface area contributed by atoms with Gasteiger partial charge in [-0.3, -0.25) is 4.79 Å². The number of nitrogen functional groups attached to an aromatic ring is 1. The number of aromatic nitrogens is 2. The standard InChI is InChI=1S/C18H22F3N5OS/c1-11(2)9-12-3-4-13(22)10-14(12)15(27)25-5-7-26(8-6-25)17-24-23-16(28-17)18(19,20)21/h3-4,10-11H,5-9,22H2,1-2H3. The first-order valence-corrected chi connectivity index (χ1v) is 9.80. The number of benzene rings is 1. The van der Waals surface area contributed by atoms with Gasteiger partial charge < -0.3 is 15.5 Å². The van der Waals surface area contributed by atoms with Crippen LogP contribution in [0.15, 0.2) is 18.2 Å². The number of nitrogens with zero attached hydrogens (tertiary/aromatic N) is 4. The van der Waals surface area contributed by atoms with E-state index >= 15 is 0 Å². The Morgan fingerprint density at radius 1 is 1.21 bits per heavy atom. The van der Waals surface area contributed by atoms with Crippen LogP contribution in [0.25, 0.3) is 0 Å². The van der Waals surface area contributed by atoms with Gasteiger partial charge in [0.15, 0.2) is 0 Å². The van der Waals surface area contributed by atoms with Gasteiger partial charge in [0.25, 0.3) is 5.91 Å². The molecule has 1 saturated heterocycles. The van der Waals surface area contributed by atoms with Crippen molar-refractivity contribution in [3.8, 4) is 0 Å². The predicted octanol–water partition coefficient (Wildman–Crippen LogP) is 3.30. The minimum absolute atomic E-state index is 0.101. The summed E-state index contributed by atoms with van der Waals surface area (Å²) in [7, 11) is 0. The van der Waals surface area contributed by atoms with Gasteiger partial charge in [-0.1, -0.05) is 31.3 Å². The molecule has 2 aromatic rings. The number of anilines is 2. The zero-order valence-corrected chi connectivity index (χ0v) is 16.5. The minimum atomic E-state index is -4.49. The van der Waals surface area contributed by atoms with E-state index < -0.39 is 11.2 Å². The van der Waals surface area contributed by atoms with Gasteiger partial charge in [0, 0.05) is 37.4 Å². The number of carbonyl (C=O) groups is 1. The van der Waals surface area contributed by atoms with Crippen molar-refractivity contribution in [2.75, 3.05) is 36.8 Å². The number of halogens is 3. The van der Waals surface area contributed by atoms with Crippen molar-refractivity contribution in [1.82, 2.24) is 15.1 Å². The summed E-state index contributed by atoms with van der Waals surface area (Å²) in [6.45, 7) is 5.77.